The highest BCUT2D eigenvalue weighted by molar-refractivity contribution is 5.65. The number of ether oxygens (including phenoxy) is 3. The lowest BCUT2D eigenvalue weighted by atomic mass is 10.4. The summed E-state index contributed by atoms with van der Waals surface area (Å²) in [5.74, 6) is -0.271. The fraction of sp³-hybridized carbons (Fsp3) is 0.889. The summed E-state index contributed by atoms with van der Waals surface area (Å²) in [5, 5.41) is 0. The van der Waals surface area contributed by atoms with Gasteiger partial charge < -0.3 is 14.2 Å². The van der Waals surface area contributed by atoms with Crippen LogP contribution in [0.4, 0.5) is 0 Å². The molecule has 4 nitrogen and oxygen atoms in total. The summed E-state index contributed by atoms with van der Waals surface area (Å²) in [6.45, 7) is 4.91. The number of esters is 1. The SMILES string of the molecule is COCCCOC(C)COC(C)=O. The number of rotatable bonds is 7. The topological polar surface area (TPSA) is 44.8 Å². The molecule has 13 heavy (non-hydrogen) atoms. The van der Waals surface area contributed by atoms with Crippen molar-refractivity contribution in [1.82, 2.24) is 0 Å². The number of hydrogen-bond donors (Lipinski definition) is 0. The first-order valence-electron chi connectivity index (χ1n) is 4.40. The van der Waals surface area contributed by atoms with Gasteiger partial charge in [0.05, 0.1) is 6.10 Å². The lowest BCUT2D eigenvalue weighted by Gasteiger charge is -2.12. The van der Waals surface area contributed by atoms with E-state index in [1.807, 2.05) is 6.92 Å². The first kappa shape index (κ1) is 12.4. The van der Waals surface area contributed by atoms with Crippen molar-refractivity contribution < 1.29 is 19.0 Å². The minimum absolute atomic E-state index is 0.0410. The van der Waals surface area contributed by atoms with Crippen molar-refractivity contribution in [3.8, 4) is 0 Å². The molecule has 0 heterocycles. The van der Waals surface area contributed by atoms with E-state index in [1.54, 1.807) is 7.11 Å². The minimum Gasteiger partial charge on any atom is -0.463 e. The van der Waals surface area contributed by atoms with Gasteiger partial charge in [-0.15, -0.1) is 0 Å². The average Bonchev–Trinajstić information content (AvgIpc) is 2.09. The van der Waals surface area contributed by atoms with Crippen LogP contribution in [0.25, 0.3) is 0 Å². The van der Waals surface area contributed by atoms with Gasteiger partial charge in [0, 0.05) is 27.2 Å². The Morgan fingerprint density at radius 1 is 1.38 bits per heavy atom. The normalized spacial score (nSPS) is 12.5. The molecule has 0 fully saturated rings. The van der Waals surface area contributed by atoms with Gasteiger partial charge in [-0.05, 0) is 13.3 Å². The van der Waals surface area contributed by atoms with Crippen molar-refractivity contribution in [1.29, 1.82) is 0 Å². The molecule has 1 unspecified atom stereocenters. The molecule has 0 aromatic heterocycles. The van der Waals surface area contributed by atoms with E-state index in [1.165, 1.54) is 6.92 Å². The van der Waals surface area contributed by atoms with E-state index in [2.05, 4.69) is 0 Å². The summed E-state index contributed by atoms with van der Waals surface area (Å²) in [4.78, 5) is 10.4. The molecule has 0 saturated heterocycles. The van der Waals surface area contributed by atoms with Crippen LogP contribution in [0.2, 0.25) is 0 Å². The third-order valence-corrected chi connectivity index (χ3v) is 1.42. The fourth-order valence-electron chi connectivity index (χ4n) is 0.771. The van der Waals surface area contributed by atoms with Crippen molar-refractivity contribution in [2.45, 2.75) is 26.4 Å². The monoisotopic (exact) mass is 190 g/mol. The molecule has 0 spiro atoms. The van der Waals surface area contributed by atoms with Gasteiger partial charge in [0.15, 0.2) is 0 Å². The Morgan fingerprint density at radius 3 is 2.62 bits per heavy atom. The highest BCUT2D eigenvalue weighted by Gasteiger charge is 2.03. The largest absolute Gasteiger partial charge is 0.463 e. The van der Waals surface area contributed by atoms with Gasteiger partial charge in [0.25, 0.3) is 0 Å². The average molecular weight is 190 g/mol. The second-order valence-electron chi connectivity index (χ2n) is 2.83. The molecule has 0 aliphatic heterocycles. The molecule has 0 rings (SSSR count). The molecule has 0 aliphatic carbocycles. The fourth-order valence-corrected chi connectivity index (χ4v) is 0.771. The van der Waals surface area contributed by atoms with Gasteiger partial charge >= 0.3 is 5.97 Å². The highest BCUT2D eigenvalue weighted by atomic mass is 16.6. The van der Waals surface area contributed by atoms with Crippen LogP contribution in [0.5, 0.6) is 0 Å². The summed E-state index contributed by atoms with van der Waals surface area (Å²) in [6.07, 6.45) is 0.821. The molecular formula is C9H18O4. The van der Waals surface area contributed by atoms with Gasteiger partial charge in [-0.1, -0.05) is 0 Å². The van der Waals surface area contributed by atoms with Gasteiger partial charge in [-0.25, -0.2) is 0 Å². The third-order valence-electron chi connectivity index (χ3n) is 1.42. The third kappa shape index (κ3) is 9.30. The predicted octanol–water partition coefficient (Wildman–Crippen LogP) is 0.991. The maximum atomic E-state index is 10.4. The zero-order valence-electron chi connectivity index (χ0n) is 8.54. The van der Waals surface area contributed by atoms with Crippen LogP contribution in [0.1, 0.15) is 20.3 Å². The number of methoxy groups -OCH3 is 1. The van der Waals surface area contributed by atoms with E-state index in [9.17, 15) is 4.79 Å². The van der Waals surface area contributed by atoms with E-state index >= 15 is 0 Å². The quantitative estimate of drug-likeness (QED) is 0.443. The molecule has 78 valence electrons. The van der Waals surface area contributed by atoms with Crippen LogP contribution in [-0.2, 0) is 19.0 Å². The first-order valence-corrected chi connectivity index (χ1v) is 4.40. The molecular weight excluding hydrogens is 172 g/mol. The Bertz CT molecular complexity index is 136. The standard InChI is InChI=1S/C9H18O4/c1-8(7-13-9(2)10)12-6-4-5-11-3/h8H,4-7H2,1-3H3. The minimum atomic E-state index is -0.271. The van der Waals surface area contributed by atoms with Gasteiger partial charge in [0.2, 0.25) is 0 Å². The van der Waals surface area contributed by atoms with Crippen molar-refractivity contribution in [2.75, 3.05) is 26.9 Å². The van der Waals surface area contributed by atoms with Crippen molar-refractivity contribution in [3.05, 3.63) is 0 Å². The smallest absolute Gasteiger partial charge is 0.302 e. The summed E-state index contributed by atoms with van der Waals surface area (Å²) in [6, 6.07) is 0. The molecule has 0 aromatic rings. The van der Waals surface area contributed by atoms with E-state index in [0.29, 0.717) is 19.8 Å². The van der Waals surface area contributed by atoms with Crippen LogP contribution < -0.4 is 0 Å². The first-order chi connectivity index (χ1) is 6.16. The molecule has 1 atom stereocenters. The number of hydrogen-bond acceptors (Lipinski definition) is 4. The molecule has 0 bridgehead atoms. The Hall–Kier alpha value is -0.610. The summed E-state index contributed by atoms with van der Waals surface area (Å²) >= 11 is 0. The molecule has 0 amide bonds. The Morgan fingerprint density at radius 2 is 2.08 bits per heavy atom. The lowest BCUT2D eigenvalue weighted by Crippen LogP contribution is -2.18. The summed E-state index contributed by atoms with van der Waals surface area (Å²) in [7, 11) is 1.66. The predicted molar refractivity (Wildman–Crippen MR) is 48.5 cm³/mol. The van der Waals surface area contributed by atoms with Crippen LogP contribution in [-0.4, -0.2) is 39.0 Å². The summed E-state index contributed by atoms with van der Waals surface area (Å²) < 4.78 is 15.0. The second kappa shape index (κ2) is 8.01. The van der Waals surface area contributed by atoms with Crippen LogP contribution in [0, 0.1) is 0 Å². The van der Waals surface area contributed by atoms with Crippen LogP contribution in [0.3, 0.4) is 0 Å². The van der Waals surface area contributed by atoms with Gasteiger partial charge in [-0.3, -0.25) is 4.79 Å². The maximum absolute atomic E-state index is 10.4. The van der Waals surface area contributed by atoms with Crippen LogP contribution in [0.15, 0.2) is 0 Å². The molecule has 0 radical (unpaired) electrons. The van der Waals surface area contributed by atoms with Crippen molar-refractivity contribution >= 4 is 5.97 Å². The Labute approximate surface area is 79.2 Å². The van der Waals surface area contributed by atoms with Gasteiger partial charge in [0.1, 0.15) is 6.61 Å². The van der Waals surface area contributed by atoms with E-state index < -0.39 is 0 Å². The van der Waals surface area contributed by atoms with Crippen molar-refractivity contribution in [2.24, 2.45) is 0 Å². The van der Waals surface area contributed by atoms with E-state index in [4.69, 9.17) is 14.2 Å². The van der Waals surface area contributed by atoms with Crippen molar-refractivity contribution in [3.63, 3.8) is 0 Å². The Balaban J connectivity index is 3.19. The highest BCUT2D eigenvalue weighted by Crippen LogP contribution is 1.94. The lowest BCUT2D eigenvalue weighted by molar-refractivity contribution is -0.144. The molecule has 0 aromatic carbocycles. The van der Waals surface area contributed by atoms with Crippen LogP contribution >= 0.6 is 0 Å². The zero-order chi connectivity index (χ0) is 10.1. The maximum Gasteiger partial charge on any atom is 0.302 e. The molecule has 0 saturated carbocycles. The van der Waals surface area contributed by atoms with Gasteiger partial charge in [-0.2, -0.15) is 0 Å². The molecule has 0 aliphatic rings. The van der Waals surface area contributed by atoms with E-state index in [0.717, 1.165) is 6.42 Å². The molecule has 0 N–H and O–H groups in total. The van der Waals surface area contributed by atoms with E-state index in [-0.39, 0.29) is 12.1 Å². The Kier molecular flexibility index (Phi) is 7.63. The number of carbonyl (C=O) groups excluding carboxylic acids is 1. The summed E-state index contributed by atoms with van der Waals surface area (Å²) in [5.41, 5.74) is 0. The number of carbonyl (C=O) groups is 1. The second-order valence-corrected chi connectivity index (χ2v) is 2.83. The molecule has 4 heteroatoms. The zero-order valence-corrected chi connectivity index (χ0v) is 8.54.